The minimum absolute atomic E-state index is 0.880. The molecule has 3 nitrogen and oxygen atoms in total. The normalized spacial score (nSPS) is 20.4. The van der Waals surface area contributed by atoms with E-state index in [9.17, 15) is 0 Å². The van der Waals surface area contributed by atoms with Crippen LogP contribution in [0.3, 0.4) is 0 Å². The van der Waals surface area contributed by atoms with E-state index >= 15 is 0 Å². The molecule has 1 saturated carbocycles. The van der Waals surface area contributed by atoms with Crippen molar-refractivity contribution in [3.8, 4) is 0 Å². The summed E-state index contributed by atoms with van der Waals surface area (Å²) in [6.07, 6.45) is 7.54. The van der Waals surface area contributed by atoms with Gasteiger partial charge in [0.25, 0.3) is 5.82 Å². The van der Waals surface area contributed by atoms with Gasteiger partial charge < -0.3 is 4.90 Å². The summed E-state index contributed by atoms with van der Waals surface area (Å²) in [6.45, 7) is 3.48. The molecular formula is C13H20N3+. The topological polar surface area (TPSA) is 33.1 Å². The van der Waals surface area contributed by atoms with Crippen molar-refractivity contribution in [2.45, 2.75) is 32.2 Å². The third-order valence-corrected chi connectivity index (χ3v) is 3.68. The van der Waals surface area contributed by atoms with Crippen LogP contribution in [0.1, 0.15) is 25.7 Å². The molecule has 0 spiro atoms. The fourth-order valence-corrected chi connectivity index (χ4v) is 2.45. The zero-order valence-corrected chi connectivity index (χ0v) is 9.73. The first-order chi connectivity index (χ1) is 7.83. The summed E-state index contributed by atoms with van der Waals surface area (Å²) in [7, 11) is 0. The molecule has 0 bridgehead atoms. The minimum atomic E-state index is 0.880. The Balaban J connectivity index is 1.77. The average molecular weight is 218 g/mol. The molecule has 3 heteroatoms. The lowest BCUT2D eigenvalue weighted by Gasteiger charge is -2.17. The van der Waals surface area contributed by atoms with E-state index in [0.29, 0.717) is 0 Å². The Morgan fingerprint density at radius 1 is 1.31 bits per heavy atom. The van der Waals surface area contributed by atoms with E-state index in [1.165, 1.54) is 44.5 Å². The second-order valence-electron chi connectivity index (χ2n) is 5.10. The first-order valence-corrected chi connectivity index (χ1v) is 6.37. The lowest BCUT2D eigenvalue weighted by atomic mass is 10.3. The van der Waals surface area contributed by atoms with Crippen LogP contribution in [-0.2, 0) is 6.54 Å². The molecule has 1 aliphatic heterocycles. The Hall–Kier alpha value is -1.25. The Morgan fingerprint density at radius 2 is 2.06 bits per heavy atom. The van der Waals surface area contributed by atoms with E-state index in [-0.39, 0.29) is 0 Å². The summed E-state index contributed by atoms with van der Waals surface area (Å²) in [6, 6.07) is 4.34. The maximum Gasteiger partial charge on any atom is 0.274 e. The number of hydrogen-bond donors (Lipinski definition) is 1. The van der Waals surface area contributed by atoms with Gasteiger partial charge in [-0.15, -0.1) is 0 Å². The first kappa shape index (κ1) is 9.94. The van der Waals surface area contributed by atoms with E-state index in [2.05, 4.69) is 27.8 Å². The lowest BCUT2D eigenvalue weighted by molar-refractivity contribution is -0.685. The van der Waals surface area contributed by atoms with Gasteiger partial charge in [-0.1, -0.05) is 0 Å². The van der Waals surface area contributed by atoms with E-state index in [0.717, 1.165) is 18.3 Å². The highest BCUT2D eigenvalue weighted by atomic mass is 15.2. The van der Waals surface area contributed by atoms with Crippen LogP contribution in [0.4, 0.5) is 11.5 Å². The number of pyridine rings is 1. The predicted molar refractivity (Wildman–Crippen MR) is 65.2 cm³/mol. The number of nitrogens with two attached hydrogens (primary N) is 1. The van der Waals surface area contributed by atoms with Gasteiger partial charge in [0.15, 0.2) is 0 Å². The van der Waals surface area contributed by atoms with Gasteiger partial charge in [0, 0.05) is 24.8 Å². The third-order valence-electron chi connectivity index (χ3n) is 3.68. The zero-order chi connectivity index (χ0) is 11.0. The molecular weight excluding hydrogens is 198 g/mol. The molecule has 0 amide bonds. The number of aromatic nitrogens is 1. The highest BCUT2D eigenvalue weighted by molar-refractivity contribution is 5.50. The van der Waals surface area contributed by atoms with Gasteiger partial charge in [-0.2, -0.15) is 0 Å². The van der Waals surface area contributed by atoms with Gasteiger partial charge in [-0.3, -0.25) is 5.73 Å². The maximum atomic E-state index is 6.10. The van der Waals surface area contributed by atoms with Crippen molar-refractivity contribution >= 4 is 11.5 Å². The standard InChI is InChI=1S/C13H19N3/c14-13-9-12(15-6-1-2-7-15)5-8-16(13)10-11-3-4-11/h5,8-9,11,14H,1-4,6-7,10H2/p+1. The molecule has 0 atom stereocenters. The van der Waals surface area contributed by atoms with Crippen LogP contribution in [0, 0.1) is 5.92 Å². The van der Waals surface area contributed by atoms with Crippen LogP contribution >= 0.6 is 0 Å². The van der Waals surface area contributed by atoms with Crippen molar-refractivity contribution in [2.75, 3.05) is 23.7 Å². The van der Waals surface area contributed by atoms with E-state index < -0.39 is 0 Å². The molecule has 1 aromatic rings. The predicted octanol–water partition coefficient (Wildman–Crippen LogP) is 1.57. The number of anilines is 2. The molecule has 1 saturated heterocycles. The molecule has 2 N–H and O–H groups in total. The molecule has 1 aliphatic carbocycles. The largest absolute Gasteiger partial charge is 0.371 e. The molecule has 2 fully saturated rings. The average Bonchev–Trinajstić information content (AvgIpc) is 2.94. The number of hydrogen-bond acceptors (Lipinski definition) is 2. The smallest absolute Gasteiger partial charge is 0.274 e. The molecule has 2 aliphatic rings. The quantitative estimate of drug-likeness (QED) is 0.781. The SMILES string of the molecule is Nc1cc(N2CCCC2)cc[n+]1CC1CC1. The molecule has 2 heterocycles. The van der Waals surface area contributed by atoms with E-state index in [1.54, 1.807) is 0 Å². The van der Waals surface area contributed by atoms with Crippen molar-refractivity contribution < 1.29 is 4.57 Å². The van der Waals surface area contributed by atoms with Crippen LogP contribution in [0.15, 0.2) is 18.3 Å². The van der Waals surface area contributed by atoms with Crippen molar-refractivity contribution in [2.24, 2.45) is 5.92 Å². The van der Waals surface area contributed by atoms with Gasteiger partial charge in [-0.25, -0.2) is 4.57 Å². The summed E-state index contributed by atoms with van der Waals surface area (Å²) >= 11 is 0. The molecule has 1 aromatic heterocycles. The molecule has 3 rings (SSSR count). The monoisotopic (exact) mass is 218 g/mol. The second-order valence-corrected chi connectivity index (χ2v) is 5.10. The highest BCUT2D eigenvalue weighted by Crippen LogP contribution is 2.29. The molecule has 0 unspecified atom stereocenters. The fraction of sp³-hybridized carbons (Fsp3) is 0.615. The summed E-state index contributed by atoms with van der Waals surface area (Å²) in [5, 5.41) is 0. The van der Waals surface area contributed by atoms with Crippen LogP contribution in [0.5, 0.6) is 0 Å². The van der Waals surface area contributed by atoms with Crippen LogP contribution < -0.4 is 15.2 Å². The van der Waals surface area contributed by atoms with Crippen LogP contribution in [0.25, 0.3) is 0 Å². The van der Waals surface area contributed by atoms with Gasteiger partial charge >= 0.3 is 0 Å². The van der Waals surface area contributed by atoms with Gasteiger partial charge in [0.2, 0.25) is 0 Å². The van der Waals surface area contributed by atoms with Gasteiger partial charge in [-0.05, 0) is 31.6 Å². The first-order valence-electron chi connectivity index (χ1n) is 6.37. The Kier molecular flexibility index (Phi) is 2.46. The summed E-state index contributed by atoms with van der Waals surface area (Å²) < 4.78 is 2.19. The molecule has 0 radical (unpaired) electrons. The zero-order valence-electron chi connectivity index (χ0n) is 9.73. The summed E-state index contributed by atoms with van der Waals surface area (Å²) in [5.41, 5.74) is 7.39. The highest BCUT2D eigenvalue weighted by Gasteiger charge is 2.25. The lowest BCUT2D eigenvalue weighted by Crippen LogP contribution is -2.38. The molecule has 16 heavy (non-hydrogen) atoms. The number of nitrogens with zero attached hydrogens (tertiary/aromatic N) is 2. The third kappa shape index (κ3) is 1.99. The summed E-state index contributed by atoms with van der Waals surface area (Å²) in [5.74, 6) is 1.79. The van der Waals surface area contributed by atoms with Gasteiger partial charge in [0.1, 0.15) is 0 Å². The second kappa shape index (κ2) is 3.96. The van der Waals surface area contributed by atoms with Crippen molar-refractivity contribution in [1.82, 2.24) is 0 Å². The summed E-state index contributed by atoms with van der Waals surface area (Å²) in [4.78, 5) is 2.43. The van der Waals surface area contributed by atoms with Gasteiger partial charge in [0.05, 0.1) is 18.8 Å². The van der Waals surface area contributed by atoms with Crippen molar-refractivity contribution in [3.63, 3.8) is 0 Å². The fourth-order valence-electron chi connectivity index (χ4n) is 2.45. The Bertz CT molecular complexity index is 379. The minimum Gasteiger partial charge on any atom is -0.371 e. The number of rotatable bonds is 3. The Labute approximate surface area is 96.9 Å². The van der Waals surface area contributed by atoms with E-state index in [1.807, 2.05) is 0 Å². The van der Waals surface area contributed by atoms with Crippen LogP contribution in [-0.4, -0.2) is 13.1 Å². The maximum absolute atomic E-state index is 6.10. The van der Waals surface area contributed by atoms with Crippen molar-refractivity contribution in [3.05, 3.63) is 18.3 Å². The Morgan fingerprint density at radius 3 is 2.69 bits per heavy atom. The molecule has 86 valence electrons. The van der Waals surface area contributed by atoms with Crippen molar-refractivity contribution in [1.29, 1.82) is 0 Å². The molecule has 0 aromatic carbocycles. The van der Waals surface area contributed by atoms with E-state index in [4.69, 9.17) is 5.73 Å². The van der Waals surface area contributed by atoms with Crippen LogP contribution in [0.2, 0.25) is 0 Å². The number of nitrogen functional groups attached to an aromatic ring is 1.